The molecule has 2 rings (SSSR count). The molecule has 0 atom stereocenters. The van der Waals surface area contributed by atoms with E-state index in [1.54, 1.807) is 18.2 Å². The van der Waals surface area contributed by atoms with Crippen molar-refractivity contribution in [2.45, 2.75) is 4.90 Å². The molecule has 0 radical (unpaired) electrons. The Bertz CT molecular complexity index is 760. The summed E-state index contributed by atoms with van der Waals surface area (Å²) in [6.07, 6.45) is 0. The third-order valence-corrected chi connectivity index (χ3v) is 4.92. The average molecular weight is 338 g/mol. The molecule has 6 nitrogen and oxygen atoms in total. The zero-order valence-electron chi connectivity index (χ0n) is 13.3. The first-order valence-electron chi connectivity index (χ1n) is 7.34. The van der Waals surface area contributed by atoms with Gasteiger partial charge in [0.15, 0.2) is 0 Å². The highest BCUT2D eigenvalue weighted by atomic mass is 32.2. The van der Waals surface area contributed by atoms with Crippen molar-refractivity contribution >= 4 is 26.5 Å². The van der Waals surface area contributed by atoms with Crippen molar-refractivity contribution in [1.29, 1.82) is 0 Å². The van der Waals surface area contributed by atoms with Gasteiger partial charge >= 0.3 is 0 Å². The number of sulfonamides is 1. The van der Waals surface area contributed by atoms with Crippen LogP contribution < -0.4 is 9.62 Å². The van der Waals surface area contributed by atoms with E-state index < -0.39 is 10.0 Å². The van der Waals surface area contributed by atoms with Crippen molar-refractivity contribution in [3.8, 4) is 0 Å². The smallest absolute Gasteiger partial charge is 0.241 e. The van der Waals surface area contributed by atoms with Gasteiger partial charge in [0.05, 0.1) is 24.7 Å². The van der Waals surface area contributed by atoms with E-state index in [-0.39, 0.29) is 31.3 Å². The first-order chi connectivity index (χ1) is 11.0. The van der Waals surface area contributed by atoms with E-state index in [9.17, 15) is 8.42 Å². The van der Waals surface area contributed by atoms with Crippen LogP contribution in [0.3, 0.4) is 0 Å². The van der Waals surface area contributed by atoms with E-state index >= 15 is 0 Å². The van der Waals surface area contributed by atoms with Crippen molar-refractivity contribution in [3.63, 3.8) is 0 Å². The normalized spacial score (nSPS) is 11.8. The highest BCUT2D eigenvalue weighted by Gasteiger charge is 2.17. The number of anilines is 1. The lowest BCUT2D eigenvalue weighted by Crippen LogP contribution is -2.28. The number of rotatable bonds is 8. The number of nitrogens with zero attached hydrogens (tertiary/aromatic N) is 1. The Morgan fingerprint density at radius 3 is 2.48 bits per heavy atom. The molecule has 0 aliphatic rings. The van der Waals surface area contributed by atoms with E-state index in [1.165, 1.54) is 0 Å². The molecule has 126 valence electrons. The maximum atomic E-state index is 12.5. The van der Waals surface area contributed by atoms with Crippen LogP contribution in [0.5, 0.6) is 0 Å². The standard InChI is InChI=1S/C16H22N2O4S/c1-18(2)15-7-3-6-14-13(15)5-4-8-16(14)23(20,21)17-9-11-22-12-10-19/h3-8,17,19H,9-12H2,1-2H3. The second-order valence-corrected chi connectivity index (χ2v) is 6.99. The van der Waals surface area contributed by atoms with E-state index in [0.29, 0.717) is 5.39 Å². The highest BCUT2D eigenvalue weighted by molar-refractivity contribution is 7.89. The van der Waals surface area contributed by atoms with Crippen molar-refractivity contribution in [1.82, 2.24) is 4.72 Å². The lowest BCUT2D eigenvalue weighted by molar-refractivity contribution is 0.0961. The first kappa shape index (κ1) is 17.7. The number of aliphatic hydroxyl groups is 1. The number of aliphatic hydroxyl groups excluding tert-OH is 1. The van der Waals surface area contributed by atoms with Gasteiger partial charge in [-0.05, 0) is 12.1 Å². The Hall–Kier alpha value is -1.67. The molecule has 0 bridgehead atoms. The maximum absolute atomic E-state index is 12.5. The van der Waals surface area contributed by atoms with Gasteiger partial charge in [0.2, 0.25) is 10.0 Å². The SMILES string of the molecule is CN(C)c1cccc2c(S(=O)(=O)NCCOCCO)cccc12. The Kier molecular flexibility index (Phi) is 5.95. The molecule has 7 heteroatoms. The number of hydrogen-bond donors (Lipinski definition) is 2. The van der Waals surface area contributed by atoms with Gasteiger partial charge in [-0.1, -0.05) is 24.3 Å². The van der Waals surface area contributed by atoms with Gasteiger partial charge in [-0.25, -0.2) is 13.1 Å². The Morgan fingerprint density at radius 1 is 1.09 bits per heavy atom. The molecule has 0 aliphatic heterocycles. The third kappa shape index (κ3) is 4.20. The van der Waals surface area contributed by atoms with Crippen LogP contribution in [0, 0.1) is 0 Å². The van der Waals surface area contributed by atoms with Crippen LogP contribution in [-0.2, 0) is 14.8 Å². The predicted octanol–water partition coefficient (Wildman–Crippen LogP) is 1.19. The van der Waals surface area contributed by atoms with Gasteiger partial charge < -0.3 is 14.7 Å². The van der Waals surface area contributed by atoms with Gasteiger partial charge in [-0.15, -0.1) is 0 Å². The second-order valence-electron chi connectivity index (χ2n) is 5.26. The molecule has 2 aromatic carbocycles. The van der Waals surface area contributed by atoms with E-state index in [2.05, 4.69) is 4.72 Å². The van der Waals surface area contributed by atoms with Crippen LogP contribution in [0.2, 0.25) is 0 Å². The van der Waals surface area contributed by atoms with Gasteiger partial charge in [-0.3, -0.25) is 0 Å². The van der Waals surface area contributed by atoms with Gasteiger partial charge in [0.25, 0.3) is 0 Å². The fourth-order valence-corrected chi connectivity index (χ4v) is 3.61. The number of fused-ring (bicyclic) bond motifs is 1. The summed E-state index contributed by atoms with van der Waals surface area (Å²) in [5, 5.41) is 10.2. The summed E-state index contributed by atoms with van der Waals surface area (Å²) in [5.74, 6) is 0. The Labute approximate surface area is 136 Å². The quantitative estimate of drug-likeness (QED) is 0.707. The van der Waals surface area contributed by atoms with Crippen molar-refractivity contribution < 1.29 is 18.3 Å². The first-order valence-corrected chi connectivity index (χ1v) is 8.83. The molecule has 0 heterocycles. The maximum Gasteiger partial charge on any atom is 0.241 e. The second kappa shape index (κ2) is 7.74. The molecule has 0 aliphatic carbocycles. The molecule has 2 aromatic rings. The molecule has 0 fully saturated rings. The summed E-state index contributed by atoms with van der Waals surface area (Å²) < 4.78 is 32.7. The molecular weight excluding hydrogens is 316 g/mol. The van der Waals surface area contributed by atoms with Crippen molar-refractivity contribution in [2.24, 2.45) is 0 Å². The number of benzene rings is 2. The van der Waals surface area contributed by atoms with E-state index in [0.717, 1.165) is 11.1 Å². The molecule has 0 amide bonds. The van der Waals surface area contributed by atoms with E-state index in [4.69, 9.17) is 9.84 Å². The Balaban J connectivity index is 2.30. The highest BCUT2D eigenvalue weighted by Crippen LogP contribution is 2.29. The average Bonchev–Trinajstić information content (AvgIpc) is 2.53. The third-order valence-electron chi connectivity index (χ3n) is 3.40. The predicted molar refractivity (Wildman–Crippen MR) is 91.4 cm³/mol. The monoisotopic (exact) mass is 338 g/mol. The van der Waals surface area contributed by atoms with Crippen LogP contribution in [0.4, 0.5) is 5.69 Å². The van der Waals surface area contributed by atoms with Gasteiger partial charge in [-0.2, -0.15) is 0 Å². The molecule has 0 aromatic heterocycles. The zero-order valence-corrected chi connectivity index (χ0v) is 14.1. The van der Waals surface area contributed by atoms with Crippen LogP contribution in [0.15, 0.2) is 41.3 Å². The van der Waals surface area contributed by atoms with Crippen LogP contribution in [0.25, 0.3) is 10.8 Å². The molecule has 2 N–H and O–H groups in total. The molecular formula is C16H22N2O4S. The summed E-state index contributed by atoms with van der Waals surface area (Å²) in [4.78, 5) is 2.20. The molecule has 0 unspecified atom stereocenters. The number of hydrogen-bond acceptors (Lipinski definition) is 5. The summed E-state index contributed by atoms with van der Waals surface area (Å²) in [5.41, 5.74) is 0.964. The summed E-state index contributed by atoms with van der Waals surface area (Å²) in [6.45, 7) is 0.491. The summed E-state index contributed by atoms with van der Waals surface area (Å²) in [6, 6.07) is 10.9. The fraction of sp³-hybridized carbons (Fsp3) is 0.375. The van der Waals surface area contributed by atoms with Crippen LogP contribution in [-0.4, -0.2) is 54.0 Å². The van der Waals surface area contributed by atoms with Crippen LogP contribution in [0.1, 0.15) is 0 Å². The lowest BCUT2D eigenvalue weighted by atomic mass is 10.1. The fourth-order valence-electron chi connectivity index (χ4n) is 2.38. The molecule has 0 spiro atoms. The van der Waals surface area contributed by atoms with Crippen molar-refractivity contribution in [3.05, 3.63) is 36.4 Å². The van der Waals surface area contributed by atoms with Gasteiger partial charge in [0.1, 0.15) is 0 Å². The van der Waals surface area contributed by atoms with Gasteiger partial charge in [0, 0.05) is 37.1 Å². The number of ether oxygens (including phenoxy) is 1. The lowest BCUT2D eigenvalue weighted by Gasteiger charge is -2.17. The van der Waals surface area contributed by atoms with E-state index in [1.807, 2.05) is 37.2 Å². The molecule has 23 heavy (non-hydrogen) atoms. The minimum Gasteiger partial charge on any atom is -0.394 e. The zero-order chi connectivity index (χ0) is 16.9. The summed E-state index contributed by atoms with van der Waals surface area (Å²) in [7, 11) is 0.219. The molecule has 0 saturated heterocycles. The number of nitrogens with one attached hydrogen (secondary N) is 1. The van der Waals surface area contributed by atoms with Crippen molar-refractivity contribution in [2.75, 3.05) is 45.4 Å². The topological polar surface area (TPSA) is 78.9 Å². The Morgan fingerprint density at radius 2 is 1.78 bits per heavy atom. The van der Waals surface area contributed by atoms with Crippen LogP contribution >= 0.6 is 0 Å². The summed E-state index contributed by atoms with van der Waals surface area (Å²) >= 11 is 0. The molecule has 0 saturated carbocycles. The largest absolute Gasteiger partial charge is 0.394 e. The minimum absolute atomic E-state index is 0.0800. The minimum atomic E-state index is -3.63.